The Bertz CT molecular complexity index is 525. The van der Waals surface area contributed by atoms with Crippen molar-refractivity contribution in [2.45, 2.75) is 38.7 Å². The number of benzene rings is 1. The van der Waals surface area contributed by atoms with E-state index in [4.69, 9.17) is 9.47 Å². The molecule has 1 heterocycles. The van der Waals surface area contributed by atoms with E-state index in [1.165, 1.54) is 0 Å². The van der Waals surface area contributed by atoms with Gasteiger partial charge in [0, 0.05) is 45.9 Å². The van der Waals surface area contributed by atoms with Gasteiger partial charge in [0.2, 0.25) is 0 Å². The molecule has 0 saturated carbocycles. The lowest BCUT2D eigenvalue weighted by molar-refractivity contribution is 0.0203. The molecule has 1 aromatic carbocycles. The minimum atomic E-state index is -0.481. The van der Waals surface area contributed by atoms with Crippen molar-refractivity contribution in [3.05, 3.63) is 35.9 Å². The van der Waals surface area contributed by atoms with Gasteiger partial charge in [-0.25, -0.2) is 0 Å². The number of halogens is 1. The smallest absolute Gasteiger partial charge is 0.191 e. The average Bonchev–Trinajstić information content (AvgIpc) is 2.70. The quantitative estimate of drug-likeness (QED) is 0.187. The zero-order valence-electron chi connectivity index (χ0n) is 16.9. The third-order valence-electron chi connectivity index (χ3n) is 4.57. The molecule has 1 aliphatic heterocycles. The summed E-state index contributed by atoms with van der Waals surface area (Å²) in [6.07, 6.45) is 3.29. The van der Waals surface area contributed by atoms with Crippen molar-refractivity contribution in [1.82, 2.24) is 10.6 Å². The predicted octanol–water partition coefficient (Wildman–Crippen LogP) is 2.60. The average molecular weight is 505 g/mol. The van der Waals surface area contributed by atoms with Crippen molar-refractivity contribution >= 4 is 29.9 Å². The Morgan fingerprint density at radius 3 is 2.71 bits per heavy atom. The fraction of sp³-hybridized carbons (Fsp3) is 0.667. The molecule has 6 nitrogen and oxygen atoms in total. The molecule has 0 bridgehead atoms. The van der Waals surface area contributed by atoms with Gasteiger partial charge in [0.1, 0.15) is 0 Å². The third kappa shape index (κ3) is 11.2. The zero-order chi connectivity index (χ0) is 19.2. The van der Waals surface area contributed by atoms with Gasteiger partial charge in [-0.2, -0.15) is 0 Å². The fourth-order valence-electron chi connectivity index (χ4n) is 3.03. The molecule has 2 rings (SSSR count). The van der Waals surface area contributed by atoms with Gasteiger partial charge in [-0.3, -0.25) is 4.99 Å². The SMILES string of the molecule is CCNC(=NCC(O)Cc1ccccc1)NCCCOCC1CCOCC1.I. The highest BCUT2D eigenvalue weighted by molar-refractivity contribution is 14.0. The Kier molecular flexibility index (Phi) is 14.3. The number of aliphatic hydroxyl groups excluding tert-OH is 1. The van der Waals surface area contributed by atoms with E-state index in [0.29, 0.717) is 18.9 Å². The molecule has 1 aromatic rings. The van der Waals surface area contributed by atoms with Crippen LogP contribution in [0.1, 0.15) is 31.7 Å². The molecule has 28 heavy (non-hydrogen) atoms. The summed E-state index contributed by atoms with van der Waals surface area (Å²) in [5.41, 5.74) is 1.12. The van der Waals surface area contributed by atoms with Crippen molar-refractivity contribution in [1.29, 1.82) is 0 Å². The van der Waals surface area contributed by atoms with E-state index in [2.05, 4.69) is 15.6 Å². The number of nitrogens with zero attached hydrogens (tertiary/aromatic N) is 1. The molecule has 7 heteroatoms. The molecule has 1 atom stereocenters. The Morgan fingerprint density at radius 1 is 1.25 bits per heavy atom. The number of ether oxygens (including phenoxy) is 2. The van der Waals surface area contributed by atoms with Crippen LogP contribution >= 0.6 is 24.0 Å². The van der Waals surface area contributed by atoms with Crippen LogP contribution in [0.5, 0.6) is 0 Å². The zero-order valence-corrected chi connectivity index (χ0v) is 19.3. The lowest BCUT2D eigenvalue weighted by atomic mass is 10.0. The largest absolute Gasteiger partial charge is 0.391 e. The van der Waals surface area contributed by atoms with Crippen LogP contribution in [0.15, 0.2) is 35.3 Å². The summed E-state index contributed by atoms with van der Waals surface area (Å²) in [7, 11) is 0. The normalized spacial score (nSPS) is 16.3. The summed E-state index contributed by atoms with van der Waals surface area (Å²) in [4.78, 5) is 4.49. The van der Waals surface area contributed by atoms with Crippen molar-refractivity contribution in [2.24, 2.45) is 10.9 Å². The minimum Gasteiger partial charge on any atom is -0.391 e. The third-order valence-corrected chi connectivity index (χ3v) is 4.57. The second-order valence-electron chi connectivity index (χ2n) is 6.97. The molecule has 0 amide bonds. The predicted molar refractivity (Wildman–Crippen MR) is 125 cm³/mol. The van der Waals surface area contributed by atoms with Crippen molar-refractivity contribution in [2.75, 3.05) is 46.1 Å². The topological polar surface area (TPSA) is 75.1 Å². The van der Waals surface area contributed by atoms with E-state index in [-0.39, 0.29) is 24.0 Å². The summed E-state index contributed by atoms with van der Waals surface area (Å²) in [5, 5.41) is 16.7. The standard InChI is InChI=1S/C21H35N3O3.HI/c1-2-22-21(24-16-20(25)15-18-7-4-3-5-8-18)23-11-6-12-27-17-19-9-13-26-14-10-19;/h3-5,7-8,19-20,25H,2,6,9-17H2,1H3,(H2,22,23,24);1H. The first-order chi connectivity index (χ1) is 13.3. The number of guanidine groups is 1. The Morgan fingerprint density at radius 2 is 2.00 bits per heavy atom. The molecule has 1 saturated heterocycles. The highest BCUT2D eigenvalue weighted by Gasteiger charge is 2.13. The molecular formula is C21H36IN3O3. The van der Waals surface area contributed by atoms with Gasteiger partial charge in [0.25, 0.3) is 0 Å². The second kappa shape index (κ2) is 16.0. The van der Waals surface area contributed by atoms with E-state index in [1.54, 1.807) is 0 Å². The number of hydrogen-bond donors (Lipinski definition) is 3. The number of aliphatic imine (C=N–C) groups is 1. The Labute approximate surface area is 186 Å². The number of rotatable bonds is 11. The maximum atomic E-state index is 10.2. The van der Waals surface area contributed by atoms with Gasteiger partial charge < -0.3 is 25.2 Å². The van der Waals surface area contributed by atoms with Crippen LogP contribution in [0.4, 0.5) is 0 Å². The highest BCUT2D eigenvalue weighted by Crippen LogP contribution is 2.14. The summed E-state index contributed by atoms with van der Waals surface area (Å²) in [5.74, 6) is 1.39. The van der Waals surface area contributed by atoms with Crippen LogP contribution in [0.2, 0.25) is 0 Å². The second-order valence-corrected chi connectivity index (χ2v) is 6.97. The van der Waals surface area contributed by atoms with Crippen molar-refractivity contribution in [3.8, 4) is 0 Å². The highest BCUT2D eigenvalue weighted by atomic mass is 127. The van der Waals surface area contributed by atoms with Crippen LogP contribution in [-0.2, 0) is 15.9 Å². The van der Waals surface area contributed by atoms with Crippen LogP contribution in [0, 0.1) is 5.92 Å². The van der Waals surface area contributed by atoms with Gasteiger partial charge in [-0.05, 0) is 37.7 Å². The molecule has 1 aliphatic rings. The van der Waals surface area contributed by atoms with Crippen molar-refractivity contribution < 1.29 is 14.6 Å². The maximum Gasteiger partial charge on any atom is 0.191 e. The molecule has 1 unspecified atom stereocenters. The van der Waals surface area contributed by atoms with Crippen LogP contribution < -0.4 is 10.6 Å². The number of hydrogen-bond acceptors (Lipinski definition) is 4. The molecule has 3 N–H and O–H groups in total. The first-order valence-corrected chi connectivity index (χ1v) is 10.2. The first kappa shape index (κ1) is 25.1. The van der Waals surface area contributed by atoms with Gasteiger partial charge in [0.15, 0.2) is 5.96 Å². The lowest BCUT2D eigenvalue weighted by Crippen LogP contribution is -2.38. The molecule has 0 radical (unpaired) electrons. The summed E-state index contributed by atoms with van der Waals surface area (Å²) < 4.78 is 11.1. The monoisotopic (exact) mass is 505 g/mol. The molecular weight excluding hydrogens is 469 g/mol. The summed E-state index contributed by atoms with van der Waals surface area (Å²) in [6, 6.07) is 10.0. The number of aliphatic hydroxyl groups is 1. The number of nitrogens with one attached hydrogen (secondary N) is 2. The maximum absolute atomic E-state index is 10.2. The van der Waals surface area contributed by atoms with Crippen molar-refractivity contribution in [3.63, 3.8) is 0 Å². The van der Waals surface area contributed by atoms with Gasteiger partial charge in [0.05, 0.1) is 12.6 Å². The van der Waals surface area contributed by atoms with Gasteiger partial charge in [-0.15, -0.1) is 24.0 Å². The van der Waals surface area contributed by atoms with Gasteiger partial charge in [-0.1, -0.05) is 30.3 Å². The van der Waals surface area contributed by atoms with E-state index in [0.717, 1.165) is 70.3 Å². The van der Waals surface area contributed by atoms with Crippen LogP contribution in [-0.4, -0.2) is 63.2 Å². The minimum absolute atomic E-state index is 0. The molecule has 0 aliphatic carbocycles. The fourth-order valence-corrected chi connectivity index (χ4v) is 3.03. The Balaban J connectivity index is 0.00000392. The van der Waals surface area contributed by atoms with E-state index in [9.17, 15) is 5.11 Å². The van der Waals surface area contributed by atoms with Crippen LogP contribution in [0.3, 0.4) is 0 Å². The van der Waals surface area contributed by atoms with E-state index in [1.807, 2.05) is 37.3 Å². The van der Waals surface area contributed by atoms with Gasteiger partial charge >= 0.3 is 0 Å². The lowest BCUT2D eigenvalue weighted by Gasteiger charge is -2.21. The summed E-state index contributed by atoms with van der Waals surface area (Å²) >= 11 is 0. The summed E-state index contributed by atoms with van der Waals surface area (Å²) in [6.45, 7) is 7.33. The first-order valence-electron chi connectivity index (χ1n) is 10.2. The molecule has 0 spiro atoms. The van der Waals surface area contributed by atoms with Crippen LogP contribution in [0.25, 0.3) is 0 Å². The van der Waals surface area contributed by atoms with E-state index < -0.39 is 6.10 Å². The Hall–Kier alpha value is -0.900. The van der Waals surface area contributed by atoms with E-state index >= 15 is 0 Å². The molecule has 160 valence electrons. The molecule has 1 fully saturated rings. The molecule has 0 aromatic heterocycles.